The maximum absolute atomic E-state index is 9.38. The van der Waals surface area contributed by atoms with Gasteiger partial charge in [-0.3, -0.25) is 0 Å². The van der Waals surface area contributed by atoms with E-state index < -0.39 is 0 Å². The van der Waals surface area contributed by atoms with Crippen molar-refractivity contribution in [3.63, 3.8) is 0 Å². The van der Waals surface area contributed by atoms with Crippen LogP contribution in [0.25, 0.3) is 0 Å². The fourth-order valence-electron chi connectivity index (χ4n) is 1.14. The van der Waals surface area contributed by atoms with Crippen LogP contribution < -0.4 is 0 Å². The molecule has 1 atom stereocenters. The summed E-state index contributed by atoms with van der Waals surface area (Å²) in [5.41, 5.74) is 0.272. The molecule has 0 saturated heterocycles. The standard InChI is InChI=1S/C9H20O/c1-5-6-8(10)7-9(2,3)4/h8,10H,5-7H2,1-4H3/t8-/m0/s1. The Labute approximate surface area is 64.5 Å². The third kappa shape index (κ3) is 6.09. The zero-order chi connectivity index (χ0) is 8.20. The summed E-state index contributed by atoms with van der Waals surface area (Å²) in [7, 11) is 0. The molecule has 0 aromatic rings. The van der Waals surface area contributed by atoms with Crippen LogP contribution in [0.5, 0.6) is 0 Å². The van der Waals surface area contributed by atoms with E-state index >= 15 is 0 Å². The summed E-state index contributed by atoms with van der Waals surface area (Å²) in [5.74, 6) is 0. The highest BCUT2D eigenvalue weighted by Crippen LogP contribution is 2.22. The third-order valence-corrected chi connectivity index (χ3v) is 1.47. The van der Waals surface area contributed by atoms with Crippen molar-refractivity contribution >= 4 is 0 Å². The van der Waals surface area contributed by atoms with Gasteiger partial charge in [-0.05, 0) is 18.3 Å². The lowest BCUT2D eigenvalue weighted by Gasteiger charge is -2.21. The molecule has 0 aromatic heterocycles. The van der Waals surface area contributed by atoms with Gasteiger partial charge in [0.2, 0.25) is 0 Å². The smallest absolute Gasteiger partial charge is 0.0545 e. The fraction of sp³-hybridized carbons (Fsp3) is 1.00. The lowest BCUT2D eigenvalue weighted by molar-refractivity contribution is 0.112. The number of aliphatic hydroxyl groups excluding tert-OH is 1. The van der Waals surface area contributed by atoms with Gasteiger partial charge in [-0.1, -0.05) is 34.1 Å². The van der Waals surface area contributed by atoms with Crippen molar-refractivity contribution in [2.45, 2.75) is 53.1 Å². The van der Waals surface area contributed by atoms with Gasteiger partial charge in [-0.25, -0.2) is 0 Å². The molecule has 0 aliphatic carbocycles. The Kier molecular flexibility index (Phi) is 3.95. The van der Waals surface area contributed by atoms with Crippen molar-refractivity contribution < 1.29 is 5.11 Å². The Morgan fingerprint density at radius 3 is 2.10 bits per heavy atom. The largest absolute Gasteiger partial charge is 0.393 e. The van der Waals surface area contributed by atoms with Crippen LogP contribution in [0.2, 0.25) is 0 Å². The van der Waals surface area contributed by atoms with E-state index in [0.29, 0.717) is 0 Å². The quantitative estimate of drug-likeness (QED) is 0.645. The number of hydrogen-bond donors (Lipinski definition) is 1. The monoisotopic (exact) mass is 144 g/mol. The predicted octanol–water partition coefficient (Wildman–Crippen LogP) is 2.58. The van der Waals surface area contributed by atoms with Gasteiger partial charge >= 0.3 is 0 Å². The van der Waals surface area contributed by atoms with Gasteiger partial charge in [0.15, 0.2) is 0 Å². The van der Waals surface area contributed by atoms with Gasteiger partial charge in [0.1, 0.15) is 0 Å². The summed E-state index contributed by atoms with van der Waals surface area (Å²) in [6, 6.07) is 0. The zero-order valence-corrected chi connectivity index (χ0v) is 7.65. The molecule has 1 nitrogen and oxygen atoms in total. The SMILES string of the molecule is CCC[C@H](O)CC(C)(C)C. The van der Waals surface area contributed by atoms with E-state index in [2.05, 4.69) is 27.7 Å². The molecular formula is C9H20O. The molecule has 0 fully saturated rings. The predicted molar refractivity (Wildman–Crippen MR) is 45.0 cm³/mol. The first-order valence-electron chi connectivity index (χ1n) is 4.14. The molecule has 62 valence electrons. The van der Waals surface area contributed by atoms with Gasteiger partial charge in [-0.15, -0.1) is 0 Å². The number of rotatable bonds is 3. The Bertz CT molecular complexity index is 81.2. The first-order valence-corrected chi connectivity index (χ1v) is 4.14. The highest BCUT2D eigenvalue weighted by atomic mass is 16.3. The van der Waals surface area contributed by atoms with Crippen LogP contribution in [0, 0.1) is 5.41 Å². The van der Waals surface area contributed by atoms with Gasteiger partial charge in [0.05, 0.1) is 6.10 Å². The minimum absolute atomic E-state index is 0.0926. The number of hydrogen-bond acceptors (Lipinski definition) is 1. The summed E-state index contributed by atoms with van der Waals surface area (Å²) >= 11 is 0. The van der Waals surface area contributed by atoms with Crippen LogP contribution in [0.15, 0.2) is 0 Å². The lowest BCUT2D eigenvalue weighted by atomic mass is 9.88. The van der Waals surface area contributed by atoms with E-state index in [9.17, 15) is 5.11 Å². The molecule has 0 saturated carbocycles. The molecule has 1 heteroatoms. The van der Waals surface area contributed by atoms with Crippen LogP contribution in [0.3, 0.4) is 0 Å². The Balaban J connectivity index is 3.47. The van der Waals surface area contributed by atoms with Crippen LogP contribution in [-0.2, 0) is 0 Å². The van der Waals surface area contributed by atoms with E-state index in [1.54, 1.807) is 0 Å². The van der Waals surface area contributed by atoms with Gasteiger partial charge < -0.3 is 5.11 Å². The normalized spacial score (nSPS) is 15.3. The molecule has 0 unspecified atom stereocenters. The Morgan fingerprint density at radius 2 is 1.80 bits per heavy atom. The van der Waals surface area contributed by atoms with Crippen LogP contribution >= 0.6 is 0 Å². The molecule has 0 radical (unpaired) electrons. The van der Waals surface area contributed by atoms with Crippen molar-refractivity contribution in [1.82, 2.24) is 0 Å². The molecule has 0 heterocycles. The highest BCUT2D eigenvalue weighted by Gasteiger charge is 2.15. The molecule has 0 aliphatic rings. The average molecular weight is 144 g/mol. The third-order valence-electron chi connectivity index (χ3n) is 1.47. The van der Waals surface area contributed by atoms with Gasteiger partial charge in [-0.2, -0.15) is 0 Å². The van der Waals surface area contributed by atoms with Crippen molar-refractivity contribution in [2.75, 3.05) is 0 Å². The summed E-state index contributed by atoms with van der Waals surface area (Å²) in [5, 5.41) is 9.38. The average Bonchev–Trinajstić information content (AvgIpc) is 1.59. The van der Waals surface area contributed by atoms with E-state index in [4.69, 9.17) is 0 Å². The van der Waals surface area contributed by atoms with E-state index in [0.717, 1.165) is 19.3 Å². The molecule has 1 N–H and O–H groups in total. The highest BCUT2D eigenvalue weighted by molar-refractivity contribution is 4.67. The zero-order valence-electron chi connectivity index (χ0n) is 7.65. The van der Waals surface area contributed by atoms with Crippen molar-refractivity contribution in [2.24, 2.45) is 5.41 Å². The van der Waals surface area contributed by atoms with E-state index in [1.165, 1.54) is 0 Å². The first kappa shape index (κ1) is 9.96. The maximum atomic E-state index is 9.38. The van der Waals surface area contributed by atoms with Crippen LogP contribution in [-0.4, -0.2) is 11.2 Å². The first-order chi connectivity index (χ1) is 4.45. The molecule has 10 heavy (non-hydrogen) atoms. The second-order valence-electron chi connectivity index (χ2n) is 4.21. The summed E-state index contributed by atoms with van der Waals surface area (Å²) in [6.45, 7) is 8.58. The molecule has 0 bridgehead atoms. The molecular weight excluding hydrogens is 124 g/mol. The van der Waals surface area contributed by atoms with Crippen molar-refractivity contribution in [3.8, 4) is 0 Å². The lowest BCUT2D eigenvalue weighted by Crippen LogP contribution is -2.16. The molecule has 0 aromatic carbocycles. The van der Waals surface area contributed by atoms with Crippen molar-refractivity contribution in [1.29, 1.82) is 0 Å². The van der Waals surface area contributed by atoms with Crippen LogP contribution in [0.4, 0.5) is 0 Å². The molecule has 0 aliphatic heterocycles. The second kappa shape index (κ2) is 3.97. The number of aliphatic hydroxyl groups is 1. The Morgan fingerprint density at radius 1 is 1.30 bits per heavy atom. The summed E-state index contributed by atoms with van der Waals surface area (Å²) in [6.07, 6.45) is 2.85. The van der Waals surface area contributed by atoms with E-state index in [1.807, 2.05) is 0 Å². The topological polar surface area (TPSA) is 20.2 Å². The maximum Gasteiger partial charge on any atom is 0.0545 e. The van der Waals surface area contributed by atoms with E-state index in [-0.39, 0.29) is 11.5 Å². The van der Waals surface area contributed by atoms with Crippen molar-refractivity contribution in [3.05, 3.63) is 0 Å². The van der Waals surface area contributed by atoms with Gasteiger partial charge in [0.25, 0.3) is 0 Å². The summed E-state index contributed by atoms with van der Waals surface area (Å²) < 4.78 is 0. The van der Waals surface area contributed by atoms with Crippen LogP contribution in [0.1, 0.15) is 47.0 Å². The van der Waals surface area contributed by atoms with Gasteiger partial charge in [0, 0.05) is 0 Å². The fourth-order valence-corrected chi connectivity index (χ4v) is 1.14. The second-order valence-corrected chi connectivity index (χ2v) is 4.21. The Hall–Kier alpha value is -0.0400. The molecule has 0 spiro atoms. The molecule has 0 amide bonds. The molecule has 0 rings (SSSR count). The summed E-state index contributed by atoms with van der Waals surface area (Å²) in [4.78, 5) is 0. The minimum atomic E-state index is -0.0926. The minimum Gasteiger partial charge on any atom is -0.393 e.